The Morgan fingerprint density at radius 2 is 1.69 bits per heavy atom. The van der Waals surface area contributed by atoms with Gasteiger partial charge in [-0.05, 0) is 48.3 Å². The van der Waals surface area contributed by atoms with Crippen molar-refractivity contribution in [1.29, 1.82) is 0 Å². The number of para-hydroxylation sites is 1. The van der Waals surface area contributed by atoms with Gasteiger partial charge in [-0.1, -0.05) is 82.5 Å². The highest BCUT2D eigenvalue weighted by molar-refractivity contribution is 6.06. The summed E-state index contributed by atoms with van der Waals surface area (Å²) < 4.78 is 0. The number of rotatable bonds is 11. The lowest BCUT2D eigenvalue weighted by Crippen LogP contribution is -2.47. The van der Waals surface area contributed by atoms with Crippen molar-refractivity contribution >= 4 is 23.4 Å². The maximum Gasteiger partial charge on any atom is 0.254 e. The zero-order valence-electron chi connectivity index (χ0n) is 21.7. The predicted molar refractivity (Wildman–Crippen MR) is 143 cm³/mol. The van der Waals surface area contributed by atoms with E-state index in [-0.39, 0.29) is 17.7 Å². The quantitative estimate of drug-likeness (QED) is 0.453. The highest BCUT2D eigenvalue weighted by atomic mass is 16.2. The van der Waals surface area contributed by atoms with E-state index in [2.05, 4.69) is 5.32 Å². The molecule has 36 heavy (non-hydrogen) atoms. The zero-order chi connectivity index (χ0) is 25.8. The maximum absolute atomic E-state index is 14.1. The summed E-state index contributed by atoms with van der Waals surface area (Å²) in [6.45, 7) is 6.68. The minimum Gasteiger partial charge on any atom is -0.369 e. The molecule has 6 nitrogen and oxygen atoms in total. The number of primary amides is 1. The Balaban J connectivity index is 1.72. The van der Waals surface area contributed by atoms with Crippen molar-refractivity contribution < 1.29 is 14.4 Å². The fourth-order valence-electron chi connectivity index (χ4n) is 5.49. The first-order chi connectivity index (χ1) is 17.3. The smallest absolute Gasteiger partial charge is 0.254 e. The molecule has 4 rings (SSSR count). The number of nitrogens with one attached hydrogen (secondary N) is 1. The predicted octanol–water partition coefficient (Wildman–Crippen LogP) is 5.22. The molecule has 2 aromatic rings. The van der Waals surface area contributed by atoms with Crippen LogP contribution in [0.3, 0.4) is 0 Å². The fraction of sp³-hybridized carbons (Fsp3) is 0.500. The third kappa shape index (κ3) is 5.63. The minimum absolute atomic E-state index is 0.129. The molecule has 3 amide bonds. The first kappa shape index (κ1) is 25.9. The van der Waals surface area contributed by atoms with Crippen LogP contribution < -0.4 is 16.0 Å². The molecule has 0 spiro atoms. The van der Waals surface area contributed by atoms with Gasteiger partial charge in [0.15, 0.2) is 0 Å². The van der Waals surface area contributed by atoms with Gasteiger partial charge < -0.3 is 16.0 Å². The molecule has 0 saturated heterocycles. The maximum atomic E-state index is 14.1. The van der Waals surface area contributed by atoms with Gasteiger partial charge in [-0.25, -0.2) is 0 Å². The van der Waals surface area contributed by atoms with Crippen LogP contribution in [-0.2, 0) is 14.4 Å². The van der Waals surface area contributed by atoms with E-state index in [0.29, 0.717) is 25.3 Å². The largest absolute Gasteiger partial charge is 0.369 e. The summed E-state index contributed by atoms with van der Waals surface area (Å²) in [6, 6.07) is 15.0. The van der Waals surface area contributed by atoms with Gasteiger partial charge in [0.05, 0.1) is 5.69 Å². The minimum atomic E-state index is -0.829. The molecule has 0 bridgehead atoms. The molecule has 1 heterocycles. The highest BCUT2D eigenvalue weighted by Crippen LogP contribution is 2.41. The Hall–Kier alpha value is -3.15. The second kappa shape index (κ2) is 11.3. The van der Waals surface area contributed by atoms with E-state index in [9.17, 15) is 14.4 Å². The Morgan fingerprint density at radius 1 is 1.03 bits per heavy atom. The summed E-state index contributed by atoms with van der Waals surface area (Å²) in [5, 5.41) is 3.09. The third-order valence-corrected chi connectivity index (χ3v) is 7.53. The Kier molecular flexibility index (Phi) is 8.12. The normalized spacial score (nSPS) is 18.7. The zero-order valence-corrected chi connectivity index (χ0v) is 21.7. The molecule has 2 aromatic carbocycles. The lowest BCUT2D eigenvalue weighted by atomic mass is 9.81. The molecule has 0 radical (unpaired) electrons. The van der Waals surface area contributed by atoms with E-state index in [1.807, 2.05) is 74.2 Å². The van der Waals surface area contributed by atoms with Crippen molar-refractivity contribution in [3.63, 3.8) is 0 Å². The van der Waals surface area contributed by atoms with Gasteiger partial charge in [0.2, 0.25) is 11.8 Å². The molecular formula is C30H39N3O3. The van der Waals surface area contributed by atoms with Crippen LogP contribution in [0, 0.1) is 23.7 Å². The van der Waals surface area contributed by atoms with Gasteiger partial charge in [0.1, 0.15) is 6.04 Å². The topological polar surface area (TPSA) is 92.5 Å². The van der Waals surface area contributed by atoms with Crippen molar-refractivity contribution in [2.75, 3.05) is 11.4 Å². The van der Waals surface area contributed by atoms with Crippen LogP contribution in [0.5, 0.6) is 0 Å². The molecule has 192 valence electrons. The Labute approximate surface area is 214 Å². The summed E-state index contributed by atoms with van der Waals surface area (Å²) in [6.07, 6.45) is 5.22. The molecule has 1 aliphatic carbocycles. The molecular weight excluding hydrogens is 450 g/mol. The number of carbonyl (C=O) groups is 3. The Morgan fingerprint density at radius 3 is 2.33 bits per heavy atom. The summed E-state index contributed by atoms with van der Waals surface area (Å²) in [4.78, 5) is 42.1. The Bertz CT molecular complexity index is 1110. The number of nitrogens with two attached hydrogens (primary N) is 1. The van der Waals surface area contributed by atoms with Gasteiger partial charge in [0.25, 0.3) is 5.91 Å². The summed E-state index contributed by atoms with van der Waals surface area (Å²) >= 11 is 0. The van der Waals surface area contributed by atoms with E-state index in [4.69, 9.17) is 5.73 Å². The molecule has 2 aliphatic rings. The van der Waals surface area contributed by atoms with Crippen molar-refractivity contribution in [3.05, 3.63) is 54.1 Å². The van der Waals surface area contributed by atoms with Crippen molar-refractivity contribution in [2.24, 2.45) is 29.4 Å². The average Bonchev–Trinajstić information content (AvgIpc) is 3.69. The number of carbonyl (C=O) groups excluding carboxylic acids is 3. The van der Waals surface area contributed by atoms with Crippen molar-refractivity contribution in [1.82, 2.24) is 5.32 Å². The molecule has 6 heteroatoms. The number of hydrogen-bond acceptors (Lipinski definition) is 3. The average molecular weight is 490 g/mol. The van der Waals surface area contributed by atoms with Crippen molar-refractivity contribution in [3.8, 4) is 11.1 Å². The van der Waals surface area contributed by atoms with Crippen LogP contribution in [0.15, 0.2) is 48.5 Å². The molecule has 3 unspecified atom stereocenters. The standard InChI is InChI=1S/C30H39N3O3/c1-4-9-24(28(31)34)25(18-19(2)3)29(35)32-27-23-12-6-5-10-21(23)22-11-7-8-13-26(22)33(30(27)36)17-16-20-14-15-20/h5-8,10-13,19-20,24-25,27H,4,9,14-18H2,1-3H3,(H2,31,34)(H,32,35). The molecule has 1 saturated carbocycles. The molecule has 3 atom stereocenters. The van der Waals surface area contributed by atoms with Crippen LogP contribution in [0.2, 0.25) is 0 Å². The van der Waals surface area contributed by atoms with Crippen LogP contribution in [0.25, 0.3) is 11.1 Å². The van der Waals surface area contributed by atoms with Crippen molar-refractivity contribution in [2.45, 2.75) is 65.3 Å². The van der Waals surface area contributed by atoms with E-state index in [1.54, 1.807) is 0 Å². The SMILES string of the molecule is CCCC(C(N)=O)C(CC(C)C)C(=O)NC1C(=O)N(CCC2CC2)c2ccccc2-c2ccccc21. The summed E-state index contributed by atoms with van der Waals surface area (Å²) in [5.74, 6) is -1.12. The van der Waals surface area contributed by atoms with Gasteiger partial charge >= 0.3 is 0 Å². The van der Waals surface area contributed by atoms with E-state index in [1.165, 1.54) is 12.8 Å². The molecule has 1 fully saturated rings. The van der Waals surface area contributed by atoms with Crippen LogP contribution >= 0.6 is 0 Å². The van der Waals surface area contributed by atoms with E-state index >= 15 is 0 Å². The monoisotopic (exact) mass is 489 g/mol. The second-order valence-electron chi connectivity index (χ2n) is 10.8. The number of amides is 3. The summed E-state index contributed by atoms with van der Waals surface area (Å²) in [5.41, 5.74) is 9.36. The number of anilines is 1. The number of nitrogens with zero attached hydrogens (tertiary/aromatic N) is 1. The summed E-state index contributed by atoms with van der Waals surface area (Å²) in [7, 11) is 0. The number of benzene rings is 2. The highest BCUT2D eigenvalue weighted by Gasteiger charge is 2.39. The molecule has 0 aromatic heterocycles. The molecule has 1 aliphatic heterocycles. The van der Waals surface area contributed by atoms with Gasteiger partial charge in [-0.3, -0.25) is 14.4 Å². The third-order valence-electron chi connectivity index (χ3n) is 7.53. The lowest BCUT2D eigenvalue weighted by Gasteiger charge is -2.30. The molecule has 3 N–H and O–H groups in total. The number of hydrogen-bond donors (Lipinski definition) is 2. The first-order valence-electron chi connectivity index (χ1n) is 13.4. The van der Waals surface area contributed by atoms with Gasteiger partial charge in [-0.2, -0.15) is 0 Å². The van der Waals surface area contributed by atoms with Crippen LogP contribution in [0.4, 0.5) is 5.69 Å². The van der Waals surface area contributed by atoms with Crippen LogP contribution in [-0.4, -0.2) is 24.3 Å². The van der Waals surface area contributed by atoms with Crippen LogP contribution in [0.1, 0.15) is 70.9 Å². The second-order valence-corrected chi connectivity index (χ2v) is 10.8. The number of fused-ring (bicyclic) bond motifs is 3. The van der Waals surface area contributed by atoms with E-state index in [0.717, 1.165) is 35.2 Å². The lowest BCUT2D eigenvalue weighted by molar-refractivity contribution is -0.136. The first-order valence-corrected chi connectivity index (χ1v) is 13.4. The van der Waals surface area contributed by atoms with Gasteiger partial charge in [0, 0.05) is 23.9 Å². The fourth-order valence-corrected chi connectivity index (χ4v) is 5.49. The van der Waals surface area contributed by atoms with Gasteiger partial charge in [-0.15, -0.1) is 0 Å². The van der Waals surface area contributed by atoms with E-state index < -0.39 is 23.8 Å².